The van der Waals surface area contributed by atoms with Gasteiger partial charge >= 0.3 is 6.03 Å². The normalized spacial score (nSPS) is 19.6. The third-order valence-corrected chi connectivity index (χ3v) is 4.83. The summed E-state index contributed by atoms with van der Waals surface area (Å²) in [6.07, 6.45) is 1.97. The van der Waals surface area contributed by atoms with Gasteiger partial charge in [-0.3, -0.25) is 15.0 Å². The molecule has 0 aromatic heterocycles. The van der Waals surface area contributed by atoms with E-state index in [9.17, 15) is 14.9 Å². The van der Waals surface area contributed by atoms with Crippen LogP contribution in [0.4, 0.5) is 16.2 Å². The van der Waals surface area contributed by atoms with Crippen molar-refractivity contribution in [1.82, 2.24) is 9.80 Å². The van der Waals surface area contributed by atoms with Gasteiger partial charge in [0.1, 0.15) is 0 Å². The molecule has 2 aliphatic heterocycles. The first kappa shape index (κ1) is 17.6. The first-order valence-electron chi connectivity index (χ1n) is 8.72. The average Bonchev–Trinajstić information content (AvgIpc) is 2.63. The Morgan fingerprint density at radius 1 is 1.24 bits per heavy atom. The highest BCUT2D eigenvalue weighted by Gasteiger charge is 2.25. The number of carbonyl (C=O) groups excluding carboxylic acids is 1. The van der Waals surface area contributed by atoms with E-state index >= 15 is 0 Å². The number of rotatable bonds is 4. The Bertz CT molecular complexity index is 610. The fourth-order valence-electron chi connectivity index (χ4n) is 3.37. The number of urea groups is 1. The minimum atomic E-state index is -0.465. The van der Waals surface area contributed by atoms with Crippen molar-refractivity contribution in [2.45, 2.75) is 12.8 Å². The molecule has 2 fully saturated rings. The molecule has 2 heterocycles. The predicted octanol–water partition coefficient (Wildman–Crippen LogP) is 2.17. The van der Waals surface area contributed by atoms with Crippen molar-refractivity contribution in [3.05, 3.63) is 34.4 Å². The van der Waals surface area contributed by atoms with Crippen LogP contribution in [-0.2, 0) is 4.74 Å². The number of ether oxygens (including phenoxy) is 1. The minimum absolute atomic E-state index is 0.0259. The average molecular weight is 348 g/mol. The summed E-state index contributed by atoms with van der Waals surface area (Å²) in [5.74, 6) is 0.611. The number of nitrogens with zero attached hydrogens (tertiary/aromatic N) is 3. The standard InChI is InChI=1S/C17H24N4O4/c22-17(18-15-2-1-3-16(12-15)21(23)24)20-6-4-14(5-7-20)13-19-8-10-25-11-9-19/h1-3,12,14H,4-11,13H2,(H,18,22). The second-order valence-corrected chi connectivity index (χ2v) is 6.58. The number of non-ortho nitro benzene ring substituents is 1. The van der Waals surface area contributed by atoms with Crippen LogP contribution in [0.3, 0.4) is 0 Å². The van der Waals surface area contributed by atoms with Gasteiger partial charge < -0.3 is 15.0 Å². The molecule has 2 aliphatic rings. The molecule has 0 unspecified atom stereocenters. The molecule has 8 nitrogen and oxygen atoms in total. The zero-order chi connectivity index (χ0) is 17.6. The first-order valence-corrected chi connectivity index (χ1v) is 8.72. The molecular formula is C17H24N4O4. The lowest BCUT2D eigenvalue weighted by Crippen LogP contribution is -2.45. The first-order chi connectivity index (χ1) is 12.1. The van der Waals surface area contributed by atoms with Gasteiger partial charge in [-0.05, 0) is 24.8 Å². The second kappa shape index (κ2) is 8.26. The molecule has 0 aliphatic carbocycles. The van der Waals surface area contributed by atoms with E-state index in [2.05, 4.69) is 10.2 Å². The van der Waals surface area contributed by atoms with Gasteiger partial charge in [-0.1, -0.05) is 6.07 Å². The molecule has 0 saturated carbocycles. The summed E-state index contributed by atoms with van der Waals surface area (Å²) in [4.78, 5) is 26.9. The number of hydrogen-bond acceptors (Lipinski definition) is 5. The Morgan fingerprint density at radius 3 is 2.64 bits per heavy atom. The molecule has 8 heteroatoms. The Balaban J connectivity index is 1.46. The van der Waals surface area contributed by atoms with Crippen LogP contribution in [-0.4, -0.2) is 66.7 Å². The molecule has 2 saturated heterocycles. The SMILES string of the molecule is O=C(Nc1cccc([N+](=O)[O-])c1)N1CCC(CN2CCOCC2)CC1. The molecule has 2 amide bonds. The number of amides is 2. The summed E-state index contributed by atoms with van der Waals surface area (Å²) in [7, 11) is 0. The van der Waals surface area contributed by atoms with E-state index in [-0.39, 0.29) is 11.7 Å². The number of morpholine rings is 1. The number of carbonyl (C=O) groups is 1. The fourth-order valence-corrected chi connectivity index (χ4v) is 3.37. The van der Waals surface area contributed by atoms with Crippen molar-refractivity contribution in [2.75, 3.05) is 51.3 Å². The van der Waals surface area contributed by atoms with Crippen molar-refractivity contribution < 1.29 is 14.5 Å². The molecule has 0 bridgehead atoms. The van der Waals surface area contributed by atoms with Gasteiger partial charge in [-0.15, -0.1) is 0 Å². The van der Waals surface area contributed by atoms with Crippen LogP contribution in [0, 0.1) is 16.0 Å². The summed E-state index contributed by atoms with van der Waals surface area (Å²) in [6.45, 7) is 6.12. The van der Waals surface area contributed by atoms with Crippen molar-refractivity contribution in [3.63, 3.8) is 0 Å². The maximum absolute atomic E-state index is 12.4. The van der Waals surface area contributed by atoms with Gasteiger partial charge in [0.25, 0.3) is 5.69 Å². The summed E-state index contributed by atoms with van der Waals surface area (Å²) in [6, 6.07) is 5.83. The van der Waals surface area contributed by atoms with Crippen LogP contribution in [0.25, 0.3) is 0 Å². The van der Waals surface area contributed by atoms with Gasteiger partial charge in [0, 0.05) is 50.5 Å². The predicted molar refractivity (Wildman–Crippen MR) is 93.7 cm³/mol. The van der Waals surface area contributed by atoms with Crippen molar-refractivity contribution in [1.29, 1.82) is 0 Å². The molecule has 1 aromatic rings. The fraction of sp³-hybridized carbons (Fsp3) is 0.588. The van der Waals surface area contributed by atoms with Gasteiger partial charge in [0.2, 0.25) is 0 Å². The maximum atomic E-state index is 12.4. The van der Waals surface area contributed by atoms with Gasteiger partial charge in [-0.25, -0.2) is 4.79 Å². The Hall–Kier alpha value is -2.19. The van der Waals surface area contributed by atoms with E-state index in [1.165, 1.54) is 12.1 Å². The van der Waals surface area contributed by atoms with Gasteiger partial charge in [0.05, 0.1) is 18.1 Å². The minimum Gasteiger partial charge on any atom is -0.379 e. The van der Waals surface area contributed by atoms with Crippen molar-refractivity contribution in [3.8, 4) is 0 Å². The third kappa shape index (κ3) is 4.90. The van der Waals surface area contributed by atoms with E-state index in [0.717, 1.165) is 58.8 Å². The molecular weight excluding hydrogens is 324 g/mol. The lowest BCUT2D eigenvalue weighted by atomic mass is 9.96. The summed E-state index contributed by atoms with van der Waals surface area (Å²) in [5.41, 5.74) is 0.427. The van der Waals surface area contributed by atoms with Gasteiger partial charge in [-0.2, -0.15) is 0 Å². The highest BCUT2D eigenvalue weighted by Crippen LogP contribution is 2.21. The second-order valence-electron chi connectivity index (χ2n) is 6.58. The molecule has 0 radical (unpaired) electrons. The molecule has 1 aromatic carbocycles. The number of benzene rings is 1. The number of likely N-dealkylation sites (tertiary alicyclic amines) is 1. The molecule has 136 valence electrons. The van der Waals surface area contributed by atoms with Crippen molar-refractivity contribution in [2.24, 2.45) is 5.92 Å². The third-order valence-electron chi connectivity index (χ3n) is 4.83. The van der Waals surface area contributed by atoms with E-state index in [4.69, 9.17) is 4.74 Å². The molecule has 25 heavy (non-hydrogen) atoms. The summed E-state index contributed by atoms with van der Waals surface area (Å²) >= 11 is 0. The van der Waals surface area contributed by atoms with E-state index in [1.807, 2.05) is 0 Å². The molecule has 0 spiro atoms. The maximum Gasteiger partial charge on any atom is 0.321 e. The largest absolute Gasteiger partial charge is 0.379 e. The summed E-state index contributed by atoms with van der Waals surface area (Å²) < 4.78 is 5.37. The summed E-state index contributed by atoms with van der Waals surface area (Å²) in [5, 5.41) is 13.6. The Morgan fingerprint density at radius 2 is 1.96 bits per heavy atom. The number of anilines is 1. The Kier molecular flexibility index (Phi) is 5.83. The number of nitrogens with one attached hydrogen (secondary N) is 1. The molecule has 3 rings (SSSR count). The van der Waals surface area contributed by atoms with Crippen LogP contribution in [0.1, 0.15) is 12.8 Å². The molecule has 0 atom stereocenters. The van der Waals surface area contributed by atoms with E-state index < -0.39 is 4.92 Å². The quantitative estimate of drug-likeness (QED) is 0.665. The Labute approximate surface area is 146 Å². The lowest BCUT2D eigenvalue weighted by Gasteiger charge is -2.36. The highest BCUT2D eigenvalue weighted by molar-refractivity contribution is 5.89. The smallest absolute Gasteiger partial charge is 0.321 e. The van der Waals surface area contributed by atoms with E-state index in [0.29, 0.717) is 11.6 Å². The van der Waals surface area contributed by atoms with Crippen molar-refractivity contribution >= 4 is 17.4 Å². The number of hydrogen-bond donors (Lipinski definition) is 1. The van der Waals surface area contributed by atoms with Gasteiger partial charge in [0.15, 0.2) is 0 Å². The highest BCUT2D eigenvalue weighted by atomic mass is 16.6. The number of nitro benzene ring substituents is 1. The lowest BCUT2D eigenvalue weighted by molar-refractivity contribution is -0.384. The topological polar surface area (TPSA) is 87.9 Å². The number of piperidine rings is 1. The molecule has 1 N–H and O–H groups in total. The van der Waals surface area contributed by atoms with Crippen LogP contribution in [0.5, 0.6) is 0 Å². The zero-order valence-electron chi connectivity index (χ0n) is 14.2. The van der Waals surface area contributed by atoms with Crippen LogP contribution in [0.15, 0.2) is 24.3 Å². The zero-order valence-corrected chi connectivity index (χ0v) is 14.2. The van der Waals surface area contributed by atoms with Crippen LogP contribution in [0.2, 0.25) is 0 Å². The van der Waals surface area contributed by atoms with E-state index in [1.54, 1.807) is 17.0 Å². The van der Waals surface area contributed by atoms with Crippen LogP contribution < -0.4 is 5.32 Å². The monoisotopic (exact) mass is 348 g/mol. The number of nitro groups is 1. The van der Waals surface area contributed by atoms with Crippen LogP contribution >= 0.6 is 0 Å².